The number of carbonyl (C=O) groups is 1. The average molecular weight is 341 g/mol. The van der Waals surface area contributed by atoms with Crippen LogP contribution in [0.15, 0.2) is 30.5 Å². The molecule has 1 amide bonds. The number of pyridine rings is 1. The molecule has 3 aromatic rings. The second-order valence-corrected chi connectivity index (χ2v) is 6.64. The summed E-state index contributed by atoms with van der Waals surface area (Å²) >= 11 is 6.52. The van der Waals surface area contributed by atoms with Crippen molar-refractivity contribution < 1.29 is 4.79 Å². The van der Waals surface area contributed by atoms with E-state index in [1.165, 1.54) is 6.20 Å². The summed E-state index contributed by atoms with van der Waals surface area (Å²) in [5.41, 5.74) is 3.79. The van der Waals surface area contributed by atoms with Gasteiger partial charge in [-0.15, -0.1) is 0 Å². The molecule has 6 heteroatoms. The molecule has 1 aromatic carbocycles. The molecule has 0 bridgehead atoms. The highest BCUT2D eigenvalue weighted by Gasteiger charge is 2.29. The zero-order chi connectivity index (χ0) is 16.8. The second kappa shape index (κ2) is 5.60. The lowest BCUT2D eigenvalue weighted by molar-refractivity contribution is 0.102. The van der Waals surface area contributed by atoms with E-state index in [1.54, 1.807) is 0 Å². The van der Waals surface area contributed by atoms with Crippen molar-refractivity contribution in [1.29, 1.82) is 0 Å². The number of aryl methyl sites for hydroxylation is 2. The number of anilines is 1. The van der Waals surface area contributed by atoms with E-state index in [9.17, 15) is 4.79 Å². The molecule has 2 aromatic heterocycles. The molecule has 0 unspecified atom stereocenters. The summed E-state index contributed by atoms with van der Waals surface area (Å²) in [5, 5.41) is 8.58. The zero-order valence-electron chi connectivity index (χ0n) is 13.5. The van der Waals surface area contributed by atoms with Crippen LogP contribution in [0, 0.1) is 13.8 Å². The Labute approximate surface area is 144 Å². The van der Waals surface area contributed by atoms with Gasteiger partial charge in [-0.2, -0.15) is 5.10 Å². The number of carbonyl (C=O) groups excluding carboxylic acids is 1. The predicted octanol–water partition coefficient (Wildman–Crippen LogP) is 4.29. The molecule has 0 aliphatic heterocycles. The molecule has 122 valence electrons. The zero-order valence-corrected chi connectivity index (χ0v) is 14.3. The SMILES string of the molecule is Cc1ccc(NC(=O)c2cnc3c(c(C)nn3C3CC3)c2Cl)cc1. The minimum absolute atomic E-state index is 0.267. The van der Waals surface area contributed by atoms with E-state index >= 15 is 0 Å². The quantitative estimate of drug-likeness (QED) is 0.773. The van der Waals surface area contributed by atoms with Gasteiger partial charge in [0.1, 0.15) is 0 Å². The highest BCUT2D eigenvalue weighted by molar-refractivity contribution is 6.39. The Kier molecular flexibility index (Phi) is 3.53. The van der Waals surface area contributed by atoms with Crippen LogP contribution in [0.4, 0.5) is 5.69 Å². The molecule has 24 heavy (non-hydrogen) atoms. The van der Waals surface area contributed by atoms with E-state index in [0.29, 0.717) is 16.6 Å². The van der Waals surface area contributed by atoms with E-state index in [1.807, 2.05) is 42.8 Å². The van der Waals surface area contributed by atoms with Crippen LogP contribution in [0.25, 0.3) is 11.0 Å². The van der Waals surface area contributed by atoms with E-state index in [0.717, 1.165) is 40.8 Å². The number of aromatic nitrogens is 3. The third-order valence-electron chi connectivity index (χ3n) is 4.28. The smallest absolute Gasteiger partial charge is 0.258 e. The molecule has 2 heterocycles. The Bertz CT molecular complexity index is 942. The maximum Gasteiger partial charge on any atom is 0.258 e. The third-order valence-corrected chi connectivity index (χ3v) is 4.67. The molecule has 1 aliphatic carbocycles. The lowest BCUT2D eigenvalue weighted by Gasteiger charge is -2.08. The lowest BCUT2D eigenvalue weighted by Crippen LogP contribution is -2.13. The first kappa shape index (κ1) is 15.1. The van der Waals surface area contributed by atoms with Gasteiger partial charge in [-0.1, -0.05) is 29.3 Å². The van der Waals surface area contributed by atoms with Crippen LogP contribution in [0.1, 0.15) is 40.5 Å². The van der Waals surface area contributed by atoms with Crippen molar-refractivity contribution in [2.45, 2.75) is 32.7 Å². The van der Waals surface area contributed by atoms with Crippen LogP contribution in [-0.4, -0.2) is 20.7 Å². The van der Waals surface area contributed by atoms with Crippen molar-refractivity contribution in [2.75, 3.05) is 5.32 Å². The predicted molar refractivity (Wildman–Crippen MR) is 94.7 cm³/mol. The summed E-state index contributed by atoms with van der Waals surface area (Å²) in [6, 6.07) is 8.04. The number of nitrogens with one attached hydrogen (secondary N) is 1. The number of hydrogen-bond donors (Lipinski definition) is 1. The number of amides is 1. The van der Waals surface area contributed by atoms with Gasteiger partial charge >= 0.3 is 0 Å². The van der Waals surface area contributed by atoms with E-state index in [4.69, 9.17) is 11.6 Å². The lowest BCUT2D eigenvalue weighted by atomic mass is 10.2. The summed E-state index contributed by atoms with van der Waals surface area (Å²) in [6.07, 6.45) is 3.77. The molecule has 4 rings (SSSR count). The maximum absolute atomic E-state index is 12.6. The molecule has 1 aliphatic rings. The summed E-state index contributed by atoms with van der Waals surface area (Å²) in [5.74, 6) is -0.267. The number of halogens is 1. The van der Waals surface area contributed by atoms with Crippen LogP contribution in [0.2, 0.25) is 5.02 Å². The van der Waals surface area contributed by atoms with E-state index < -0.39 is 0 Å². The normalized spacial score (nSPS) is 14.1. The van der Waals surface area contributed by atoms with Gasteiger partial charge in [-0.05, 0) is 38.8 Å². The van der Waals surface area contributed by atoms with Crippen molar-refractivity contribution in [3.63, 3.8) is 0 Å². The summed E-state index contributed by atoms with van der Waals surface area (Å²) in [6.45, 7) is 3.90. The van der Waals surface area contributed by atoms with Crippen LogP contribution in [-0.2, 0) is 0 Å². The van der Waals surface area contributed by atoms with Gasteiger partial charge in [0, 0.05) is 11.9 Å². The Morgan fingerprint density at radius 3 is 2.62 bits per heavy atom. The number of hydrogen-bond acceptors (Lipinski definition) is 3. The Hall–Kier alpha value is -2.40. The van der Waals surface area contributed by atoms with Crippen LogP contribution >= 0.6 is 11.6 Å². The first-order chi connectivity index (χ1) is 11.5. The van der Waals surface area contributed by atoms with Gasteiger partial charge in [-0.25, -0.2) is 9.67 Å². The summed E-state index contributed by atoms with van der Waals surface area (Å²) in [7, 11) is 0. The molecule has 0 saturated heterocycles. The number of rotatable bonds is 3. The minimum Gasteiger partial charge on any atom is -0.322 e. The fourth-order valence-corrected chi connectivity index (χ4v) is 3.16. The fraction of sp³-hybridized carbons (Fsp3) is 0.278. The van der Waals surface area contributed by atoms with Gasteiger partial charge in [-0.3, -0.25) is 4.79 Å². The molecular formula is C18H17ClN4O. The number of nitrogens with zero attached hydrogens (tertiary/aromatic N) is 3. The first-order valence-corrected chi connectivity index (χ1v) is 8.33. The van der Waals surface area contributed by atoms with Crippen LogP contribution < -0.4 is 5.32 Å². The molecule has 5 nitrogen and oxygen atoms in total. The molecule has 0 atom stereocenters. The third kappa shape index (κ3) is 2.55. The molecule has 1 N–H and O–H groups in total. The van der Waals surface area contributed by atoms with Gasteiger partial charge in [0.15, 0.2) is 5.65 Å². The average Bonchev–Trinajstić information content (AvgIpc) is 3.34. The number of fused-ring (bicyclic) bond motifs is 1. The van der Waals surface area contributed by atoms with E-state index in [2.05, 4.69) is 15.4 Å². The van der Waals surface area contributed by atoms with Crippen LogP contribution in [0.3, 0.4) is 0 Å². The molecule has 1 saturated carbocycles. The summed E-state index contributed by atoms with van der Waals surface area (Å²) in [4.78, 5) is 17.0. The molecular weight excluding hydrogens is 324 g/mol. The standard InChI is InChI=1S/C18H17ClN4O/c1-10-3-5-12(6-4-10)21-18(24)14-9-20-17-15(16(14)19)11(2)22-23(17)13-7-8-13/h3-6,9,13H,7-8H2,1-2H3,(H,21,24). The Morgan fingerprint density at radius 1 is 1.25 bits per heavy atom. The molecule has 0 radical (unpaired) electrons. The maximum atomic E-state index is 12.6. The topological polar surface area (TPSA) is 59.8 Å². The van der Waals surface area contributed by atoms with Crippen molar-refractivity contribution in [1.82, 2.24) is 14.8 Å². The highest BCUT2D eigenvalue weighted by Crippen LogP contribution is 2.38. The van der Waals surface area contributed by atoms with Crippen molar-refractivity contribution in [3.8, 4) is 0 Å². The number of benzene rings is 1. The van der Waals surface area contributed by atoms with Gasteiger partial charge < -0.3 is 5.32 Å². The second-order valence-electron chi connectivity index (χ2n) is 6.27. The molecule has 0 spiro atoms. The van der Waals surface area contributed by atoms with Gasteiger partial charge in [0.25, 0.3) is 5.91 Å². The minimum atomic E-state index is -0.267. The molecule has 1 fully saturated rings. The Balaban J connectivity index is 1.71. The first-order valence-electron chi connectivity index (χ1n) is 7.96. The Morgan fingerprint density at radius 2 is 1.96 bits per heavy atom. The fourth-order valence-electron chi connectivity index (χ4n) is 2.80. The van der Waals surface area contributed by atoms with Crippen molar-refractivity contribution in [2.24, 2.45) is 0 Å². The summed E-state index contributed by atoms with van der Waals surface area (Å²) < 4.78 is 1.93. The van der Waals surface area contributed by atoms with Crippen LogP contribution in [0.5, 0.6) is 0 Å². The van der Waals surface area contributed by atoms with Crippen molar-refractivity contribution in [3.05, 3.63) is 52.3 Å². The van der Waals surface area contributed by atoms with E-state index in [-0.39, 0.29) is 5.91 Å². The largest absolute Gasteiger partial charge is 0.322 e. The monoisotopic (exact) mass is 340 g/mol. The van der Waals surface area contributed by atoms with Gasteiger partial charge in [0.2, 0.25) is 0 Å². The highest BCUT2D eigenvalue weighted by atomic mass is 35.5. The van der Waals surface area contributed by atoms with Crippen molar-refractivity contribution >= 4 is 34.2 Å². The van der Waals surface area contributed by atoms with Gasteiger partial charge in [0.05, 0.1) is 27.7 Å².